The van der Waals surface area contributed by atoms with E-state index in [1.165, 1.54) is 0 Å². The summed E-state index contributed by atoms with van der Waals surface area (Å²) in [6.45, 7) is 4.25. The van der Waals surface area contributed by atoms with E-state index in [1.54, 1.807) is 17.4 Å². The highest BCUT2D eigenvalue weighted by Gasteiger charge is 2.17. The van der Waals surface area contributed by atoms with Gasteiger partial charge in [0.2, 0.25) is 5.76 Å². The van der Waals surface area contributed by atoms with E-state index in [-0.39, 0.29) is 24.1 Å². The van der Waals surface area contributed by atoms with Crippen LogP contribution in [0.25, 0.3) is 11.5 Å². The maximum atomic E-state index is 12.0. The van der Waals surface area contributed by atoms with Crippen LogP contribution in [-0.4, -0.2) is 21.2 Å². The van der Waals surface area contributed by atoms with Gasteiger partial charge in [-0.1, -0.05) is 24.2 Å². The summed E-state index contributed by atoms with van der Waals surface area (Å²) in [7, 11) is 0. The molecule has 0 aliphatic rings. The molecule has 0 unspecified atom stereocenters. The summed E-state index contributed by atoms with van der Waals surface area (Å²) >= 11 is 1.55. The van der Waals surface area contributed by atoms with Crippen molar-refractivity contribution in [1.82, 2.24) is 20.6 Å². The summed E-state index contributed by atoms with van der Waals surface area (Å²) in [6, 6.07) is 3.56. The average molecular weight is 332 g/mol. The highest BCUT2D eigenvalue weighted by Crippen LogP contribution is 2.20. The number of aromatic nitrogens is 3. The molecule has 0 spiro atoms. The van der Waals surface area contributed by atoms with Gasteiger partial charge in [0.05, 0.1) is 17.8 Å². The molecule has 0 saturated heterocycles. The summed E-state index contributed by atoms with van der Waals surface area (Å²) in [5.41, 5.74) is 1.64. The van der Waals surface area contributed by atoms with Crippen molar-refractivity contribution in [3.05, 3.63) is 40.2 Å². The van der Waals surface area contributed by atoms with Gasteiger partial charge in [-0.2, -0.15) is 16.3 Å². The fourth-order valence-corrected chi connectivity index (χ4v) is 2.54. The standard InChI is InChI=1S/C15H16N4O3S/c1-3-9(2)11-6-12(21-18-11)14(20)16-7-13-17-15(22-19-13)10-4-5-23-8-10/h4-6,8-9H,3,7H2,1-2H3,(H,16,20)/t9-/m1/s1. The van der Waals surface area contributed by atoms with Crippen LogP contribution in [0.2, 0.25) is 0 Å². The average Bonchev–Trinajstić information content (AvgIpc) is 3.32. The van der Waals surface area contributed by atoms with Crippen LogP contribution in [0.1, 0.15) is 48.3 Å². The SMILES string of the molecule is CC[C@@H](C)c1cc(C(=O)NCc2noc(-c3ccsc3)n2)on1. The second kappa shape index (κ2) is 6.74. The van der Waals surface area contributed by atoms with E-state index in [9.17, 15) is 4.79 Å². The molecule has 3 aromatic heterocycles. The number of nitrogens with zero attached hydrogens (tertiary/aromatic N) is 3. The first-order valence-corrected chi connectivity index (χ1v) is 8.21. The first kappa shape index (κ1) is 15.4. The van der Waals surface area contributed by atoms with E-state index in [0.29, 0.717) is 11.7 Å². The number of thiophene rings is 1. The van der Waals surface area contributed by atoms with E-state index in [0.717, 1.165) is 17.7 Å². The van der Waals surface area contributed by atoms with Crippen LogP contribution in [-0.2, 0) is 6.54 Å². The van der Waals surface area contributed by atoms with Gasteiger partial charge in [0.15, 0.2) is 5.82 Å². The summed E-state index contributed by atoms with van der Waals surface area (Å²) in [6.07, 6.45) is 0.932. The molecular formula is C15H16N4O3S. The Morgan fingerprint density at radius 3 is 3.00 bits per heavy atom. The molecule has 0 radical (unpaired) electrons. The lowest BCUT2D eigenvalue weighted by Crippen LogP contribution is -2.22. The van der Waals surface area contributed by atoms with E-state index in [1.807, 2.05) is 23.8 Å². The van der Waals surface area contributed by atoms with Gasteiger partial charge >= 0.3 is 0 Å². The van der Waals surface area contributed by atoms with Crippen LogP contribution < -0.4 is 5.32 Å². The number of amides is 1. The van der Waals surface area contributed by atoms with E-state index in [4.69, 9.17) is 9.05 Å². The highest BCUT2D eigenvalue weighted by molar-refractivity contribution is 7.08. The third kappa shape index (κ3) is 3.48. The van der Waals surface area contributed by atoms with Crippen molar-refractivity contribution in [3.8, 4) is 11.5 Å². The molecule has 0 saturated carbocycles. The van der Waals surface area contributed by atoms with Crippen LogP contribution in [0.5, 0.6) is 0 Å². The zero-order valence-electron chi connectivity index (χ0n) is 12.8. The molecule has 1 amide bonds. The number of carbonyl (C=O) groups excluding carboxylic acids is 1. The van der Waals surface area contributed by atoms with Crippen molar-refractivity contribution in [3.63, 3.8) is 0 Å². The number of nitrogens with one attached hydrogen (secondary N) is 1. The third-order valence-corrected chi connectivity index (χ3v) is 4.20. The molecule has 3 aromatic rings. The second-order valence-electron chi connectivity index (χ2n) is 5.14. The Hall–Kier alpha value is -2.48. The van der Waals surface area contributed by atoms with Crippen LogP contribution in [0.3, 0.4) is 0 Å². The Kier molecular flexibility index (Phi) is 4.52. The predicted molar refractivity (Wildman–Crippen MR) is 84.0 cm³/mol. The molecule has 0 bridgehead atoms. The van der Waals surface area contributed by atoms with Gasteiger partial charge in [-0.3, -0.25) is 4.79 Å². The van der Waals surface area contributed by atoms with E-state index in [2.05, 4.69) is 27.5 Å². The van der Waals surface area contributed by atoms with Gasteiger partial charge in [0.25, 0.3) is 11.8 Å². The first-order valence-electron chi connectivity index (χ1n) is 7.27. The monoisotopic (exact) mass is 332 g/mol. The van der Waals surface area contributed by atoms with Crippen LogP contribution in [0.15, 0.2) is 31.9 Å². The Morgan fingerprint density at radius 1 is 1.39 bits per heavy atom. The molecule has 0 aliphatic heterocycles. The highest BCUT2D eigenvalue weighted by atomic mass is 32.1. The predicted octanol–water partition coefficient (Wildman–Crippen LogP) is 3.23. The van der Waals surface area contributed by atoms with Crippen molar-refractivity contribution in [2.45, 2.75) is 32.7 Å². The molecule has 8 heteroatoms. The minimum absolute atomic E-state index is 0.159. The molecule has 1 atom stereocenters. The molecule has 3 rings (SSSR count). The molecular weight excluding hydrogens is 316 g/mol. The molecule has 23 heavy (non-hydrogen) atoms. The van der Waals surface area contributed by atoms with Gasteiger partial charge in [0.1, 0.15) is 0 Å². The summed E-state index contributed by atoms with van der Waals surface area (Å²) in [5, 5.41) is 14.3. The number of rotatable bonds is 6. The van der Waals surface area contributed by atoms with E-state index >= 15 is 0 Å². The second-order valence-corrected chi connectivity index (χ2v) is 5.92. The summed E-state index contributed by atoms with van der Waals surface area (Å²) < 4.78 is 10.2. The largest absolute Gasteiger partial charge is 0.351 e. The quantitative estimate of drug-likeness (QED) is 0.745. The Labute approximate surface area is 136 Å². The van der Waals surface area contributed by atoms with Gasteiger partial charge in [-0.25, -0.2) is 0 Å². The van der Waals surface area contributed by atoms with Crippen LogP contribution in [0, 0.1) is 0 Å². The smallest absolute Gasteiger partial charge is 0.290 e. The molecule has 0 aliphatic carbocycles. The van der Waals surface area contributed by atoms with Crippen molar-refractivity contribution in [2.24, 2.45) is 0 Å². The Bertz CT molecular complexity index is 778. The maximum absolute atomic E-state index is 12.0. The minimum atomic E-state index is -0.353. The Morgan fingerprint density at radius 2 is 2.26 bits per heavy atom. The van der Waals surface area contributed by atoms with Crippen LogP contribution >= 0.6 is 11.3 Å². The minimum Gasteiger partial charge on any atom is -0.351 e. The topological polar surface area (TPSA) is 94.1 Å². The van der Waals surface area contributed by atoms with Gasteiger partial charge in [0, 0.05) is 17.4 Å². The van der Waals surface area contributed by atoms with Gasteiger partial charge < -0.3 is 14.4 Å². The zero-order chi connectivity index (χ0) is 16.2. The lowest BCUT2D eigenvalue weighted by atomic mass is 10.1. The molecule has 0 fully saturated rings. The normalized spacial score (nSPS) is 12.3. The molecule has 1 N–H and O–H groups in total. The number of hydrogen-bond acceptors (Lipinski definition) is 7. The molecule has 120 valence electrons. The van der Waals surface area contributed by atoms with Gasteiger partial charge in [-0.15, -0.1) is 0 Å². The molecule has 3 heterocycles. The first-order chi connectivity index (χ1) is 11.2. The lowest BCUT2D eigenvalue weighted by Gasteiger charge is -2.00. The van der Waals surface area contributed by atoms with Crippen molar-refractivity contribution < 1.29 is 13.8 Å². The zero-order valence-corrected chi connectivity index (χ0v) is 13.6. The van der Waals surface area contributed by atoms with Gasteiger partial charge in [-0.05, 0) is 17.9 Å². The fraction of sp³-hybridized carbons (Fsp3) is 0.333. The fourth-order valence-electron chi connectivity index (χ4n) is 1.91. The maximum Gasteiger partial charge on any atom is 0.290 e. The van der Waals surface area contributed by atoms with Crippen molar-refractivity contribution in [1.29, 1.82) is 0 Å². The Balaban J connectivity index is 1.60. The van der Waals surface area contributed by atoms with E-state index < -0.39 is 0 Å². The van der Waals surface area contributed by atoms with Crippen molar-refractivity contribution in [2.75, 3.05) is 0 Å². The molecule has 0 aromatic carbocycles. The third-order valence-electron chi connectivity index (χ3n) is 3.51. The van der Waals surface area contributed by atoms with Crippen molar-refractivity contribution >= 4 is 17.2 Å². The number of hydrogen-bond donors (Lipinski definition) is 1. The van der Waals surface area contributed by atoms with Crippen LogP contribution in [0.4, 0.5) is 0 Å². The lowest BCUT2D eigenvalue weighted by molar-refractivity contribution is 0.0912. The number of carbonyl (C=O) groups is 1. The molecule has 7 nitrogen and oxygen atoms in total. The summed E-state index contributed by atoms with van der Waals surface area (Å²) in [4.78, 5) is 16.3. The summed E-state index contributed by atoms with van der Waals surface area (Å²) in [5.74, 6) is 0.928.